The molecule has 2 saturated heterocycles. The number of rotatable bonds is 14. The lowest BCUT2D eigenvalue weighted by Crippen LogP contribution is -2.64. The summed E-state index contributed by atoms with van der Waals surface area (Å²) in [5.74, 6) is -16.9. The number of aromatic nitrogens is 2. The van der Waals surface area contributed by atoms with Gasteiger partial charge in [0.1, 0.15) is 83.4 Å². The topological polar surface area (TPSA) is 544 Å². The van der Waals surface area contributed by atoms with Crippen LogP contribution in [0.25, 0.3) is 11.1 Å². The number of aryl methyl sites for hydroxylation is 1. The number of carboxylic acids is 1. The van der Waals surface area contributed by atoms with E-state index in [9.17, 15) is 74.7 Å². The molecule has 0 radical (unpaired) electrons. The van der Waals surface area contributed by atoms with Gasteiger partial charge >= 0.3 is 5.97 Å². The number of thioether (sulfide) groups is 1. The lowest BCUT2D eigenvalue weighted by atomic mass is 9.86. The van der Waals surface area contributed by atoms with Crippen LogP contribution in [0.5, 0.6) is 46.0 Å². The van der Waals surface area contributed by atoms with E-state index in [1.165, 1.54) is 32.0 Å². The zero-order valence-corrected chi connectivity index (χ0v) is 60.5. The first-order chi connectivity index (χ1) is 50.9. The van der Waals surface area contributed by atoms with Gasteiger partial charge in [-0.15, -0.1) is 0 Å². The van der Waals surface area contributed by atoms with Crippen molar-refractivity contribution in [1.29, 1.82) is 0 Å². The molecule has 11 bridgehead atoms. The van der Waals surface area contributed by atoms with Crippen LogP contribution in [-0.2, 0) is 52.6 Å². The SMILES string of the molecule is Cc1cc(=O)[nH]c(SCC2OC(Oc3c4cc5cc3Oc3ccc(cc3Cl)[C@@H](O)[C@@H](NC(=O)[C@H](C)CC(C)C)C(=O)N[C@@H](CC(N)=O)C(=O)N[C@H]5C(=O)NC3C(=O)N[C@H](C(=O)N[C@@H](C(=O)O)c5cc(O)cc(O)c5-c5cc3ccc5O)[C@H](O)c3ccc(c(Cl)c3)O4)C(OC3CC(C)(N)C(O)C(C)O3)C(O)C2O)n1. The first kappa shape index (κ1) is 79.2. The molecule has 1 aromatic heterocycles. The molecule has 7 amide bonds. The summed E-state index contributed by atoms with van der Waals surface area (Å²) in [6, 6.07) is 1.65. The Morgan fingerprint density at radius 1 is 0.722 bits per heavy atom. The molecule has 2 fully saturated rings. The Kier molecular flexibility index (Phi) is 23.5. The Labute approximate surface area is 628 Å². The third-order valence-corrected chi connectivity index (χ3v) is 20.3. The number of aliphatic hydroxyl groups is 5. The zero-order chi connectivity index (χ0) is 78.4. The van der Waals surface area contributed by atoms with Crippen LogP contribution in [0, 0.1) is 18.8 Å². The van der Waals surface area contributed by atoms with Crippen molar-refractivity contribution in [1.82, 2.24) is 41.9 Å². The molecule has 18 atom stereocenters. The van der Waals surface area contributed by atoms with Crippen molar-refractivity contribution in [2.24, 2.45) is 23.3 Å². The van der Waals surface area contributed by atoms with E-state index < -0.39 is 236 Å². The molecule has 10 unspecified atom stereocenters. The monoisotopic (exact) mass is 1560 g/mol. The second kappa shape index (κ2) is 32.1. The molecule has 108 heavy (non-hydrogen) atoms. The van der Waals surface area contributed by atoms with E-state index in [1.807, 2.05) is 13.8 Å². The van der Waals surface area contributed by atoms with E-state index >= 15 is 14.4 Å². The first-order valence-electron chi connectivity index (χ1n) is 33.8. The summed E-state index contributed by atoms with van der Waals surface area (Å²) in [6.07, 6.45) is -18.3. The number of nitrogens with zero attached hydrogens (tertiary/aromatic N) is 1. The summed E-state index contributed by atoms with van der Waals surface area (Å²) in [5.41, 5.74) is 7.90. The number of carboxylic acid groups (broad SMARTS) is 1. The lowest BCUT2D eigenvalue weighted by molar-refractivity contribution is -0.329. The average molecular weight is 1560 g/mol. The molecule has 34 nitrogen and oxygen atoms in total. The number of benzene rings is 5. The number of hydrogen-bond acceptors (Lipinski definition) is 26. The molecule has 7 aliphatic heterocycles. The predicted octanol–water partition coefficient (Wildman–Crippen LogP) is 2.35. The number of primary amides is 1. The number of fused-ring (bicyclic) bond motifs is 15. The normalized spacial score (nSPS) is 28.3. The number of aromatic amines is 1. The number of ether oxygens (including phenoxy) is 6. The van der Waals surface area contributed by atoms with Gasteiger partial charge in [0.2, 0.25) is 53.4 Å². The maximum atomic E-state index is 16.2. The Morgan fingerprint density at radius 3 is 1.95 bits per heavy atom. The van der Waals surface area contributed by atoms with Crippen LogP contribution in [0.3, 0.4) is 0 Å². The Hall–Kier alpha value is -9.89. The van der Waals surface area contributed by atoms with Gasteiger partial charge < -0.3 is 123 Å². The number of phenols is 3. The van der Waals surface area contributed by atoms with Crippen molar-refractivity contribution >= 4 is 82.3 Å². The van der Waals surface area contributed by atoms with Crippen LogP contribution in [0.2, 0.25) is 10.0 Å². The molecule has 7 aliphatic rings. The van der Waals surface area contributed by atoms with Gasteiger partial charge in [-0.2, -0.15) is 0 Å². The summed E-state index contributed by atoms with van der Waals surface area (Å²) in [5, 5.41) is 119. The third-order valence-electron chi connectivity index (χ3n) is 18.7. The minimum absolute atomic E-state index is 0.0492. The first-order valence-corrected chi connectivity index (χ1v) is 35.6. The highest BCUT2D eigenvalue weighted by Gasteiger charge is 2.52. The van der Waals surface area contributed by atoms with Crippen molar-refractivity contribution in [2.45, 2.75) is 169 Å². The van der Waals surface area contributed by atoms with Gasteiger partial charge in [-0.3, -0.25) is 38.4 Å². The summed E-state index contributed by atoms with van der Waals surface area (Å²) in [4.78, 5) is 137. The van der Waals surface area contributed by atoms with Crippen molar-refractivity contribution in [2.75, 3.05) is 5.75 Å². The molecule has 37 heteroatoms. The van der Waals surface area contributed by atoms with E-state index in [1.54, 1.807) is 13.8 Å². The smallest absolute Gasteiger partial charge is 0.330 e. The van der Waals surface area contributed by atoms with Crippen LogP contribution in [0.15, 0.2) is 94.9 Å². The van der Waals surface area contributed by atoms with Gasteiger partial charge in [0.25, 0.3) is 5.56 Å². The van der Waals surface area contributed by atoms with E-state index in [0.29, 0.717) is 5.69 Å². The van der Waals surface area contributed by atoms with Crippen LogP contribution >= 0.6 is 35.0 Å². The number of nitrogens with two attached hydrogens (primary N) is 2. The highest BCUT2D eigenvalue weighted by molar-refractivity contribution is 7.99. The number of aliphatic carboxylic acids is 1. The number of carbonyl (C=O) groups is 8. The van der Waals surface area contributed by atoms with Gasteiger partial charge in [-0.05, 0) is 110 Å². The number of amides is 7. The summed E-state index contributed by atoms with van der Waals surface area (Å²) in [6.45, 7) is 9.81. The second-order valence-electron chi connectivity index (χ2n) is 27.6. The number of nitrogens with one attached hydrogen (secondary N) is 7. The maximum absolute atomic E-state index is 16.2. The minimum Gasteiger partial charge on any atom is -0.508 e. The number of halogens is 2. The molecular weight excluding hydrogens is 1480 g/mol. The van der Waals surface area contributed by atoms with Crippen LogP contribution in [0.1, 0.15) is 118 Å². The van der Waals surface area contributed by atoms with Gasteiger partial charge in [-0.1, -0.05) is 73.9 Å². The van der Waals surface area contributed by atoms with Crippen molar-refractivity contribution in [3.8, 4) is 57.1 Å². The highest BCUT2D eigenvalue weighted by Crippen LogP contribution is 2.50. The predicted molar refractivity (Wildman–Crippen MR) is 379 cm³/mol. The standard InChI is InChI=1S/C71H78Cl2N10O24S/c1-25(2)13-26(3)62(94)82-53-55(89)30-8-11-41(36(72)16-30)103-43-18-32-19-44(59(43)107-69-60(106-48-23-71(6,75)61(93)28(5)102-48)58(92)57(91)45(105-69)24-108-70-76-27(4)14-47(88)78-70)104-42-12-9-31(17-37(42)73)56(90)54-67(99)81-52(68(100)101)35-20-33(84)21-40(86)49(35)34-15-29(7-10-39(34)85)50(64(96)83-54)80-65(97)51(32)79-63(95)38(22-46(74)87)77-66(53)98/h7-12,14-21,25-26,28,38,45,48,50-58,60-61,69,84-86,89-93H,13,22-24,75H2,1-6H3,(H2,74,87)(H,77,98)(H,79,95)(H,80,97)(H,81,99)(H,82,94)(H,83,96)(H,100,101)(H,76,78,88)/t26-,28?,38+,45?,48?,50?,51-,52-,53-,54+,55-,56-,57?,58?,60?,61?,69?,71?/m1/s1. The third kappa shape index (κ3) is 17.2. The van der Waals surface area contributed by atoms with Crippen molar-refractivity contribution in [3.05, 3.63) is 139 Å². The Bertz CT molecular complexity index is 4610. The molecule has 20 N–H and O–H groups in total. The van der Waals surface area contributed by atoms with Crippen LogP contribution in [0.4, 0.5) is 0 Å². The highest BCUT2D eigenvalue weighted by atomic mass is 35.5. The van der Waals surface area contributed by atoms with E-state index in [2.05, 4.69) is 41.9 Å². The fraction of sp³-hybridized carbons (Fsp3) is 0.408. The number of H-pyrrole nitrogens is 1. The number of aliphatic hydroxyl groups excluding tert-OH is 5. The quantitative estimate of drug-likeness (QED) is 0.0550. The molecule has 576 valence electrons. The van der Waals surface area contributed by atoms with Gasteiger partial charge in [0.05, 0.1) is 34.8 Å². The fourth-order valence-electron chi connectivity index (χ4n) is 13.3. The number of phenolic OH excluding ortho intramolecular Hbond substituents is 3. The molecule has 13 rings (SSSR count). The van der Waals surface area contributed by atoms with Crippen molar-refractivity contribution < 1.29 is 113 Å². The second-order valence-corrected chi connectivity index (χ2v) is 29.4. The minimum atomic E-state index is -2.36. The lowest BCUT2D eigenvalue weighted by Gasteiger charge is -2.47. The van der Waals surface area contributed by atoms with E-state index in [-0.39, 0.29) is 57.1 Å². The molecule has 0 saturated carbocycles. The Balaban J connectivity index is 1.17. The zero-order valence-electron chi connectivity index (χ0n) is 58.2. The summed E-state index contributed by atoms with van der Waals surface area (Å²) >= 11 is 15.1. The van der Waals surface area contributed by atoms with Crippen LogP contribution < -0.4 is 63.1 Å². The number of hydrogen-bond donors (Lipinski definition) is 18. The maximum Gasteiger partial charge on any atom is 0.330 e. The molecule has 5 aromatic carbocycles. The fourth-order valence-corrected chi connectivity index (χ4v) is 14.7. The van der Waals surface area contributed by atoms with E-state index in [4.69, 9.17) is 63.1 Å². The number of carbonyl (C=O) groups excluding carboxylic acids is 7. The molecular formula is C71H78Cl2N10O24S. The molecule has 0 spiro atoms. The van der Waals surface area contributed by atoms with Crippen molar-refractivity contribution in [3.63, 3.8) is 0 Å². The van der Waals surface area contributed by atoms with Gasteiger partial charge in [-0.25, -0.2) is 9.78 Å². The summed E-state index contributed by atoms with van der Waals surface area (Å²) in [7, 11) is 0. The Morgan fingerprint density at radius 2 is 1.34 bits per heavy atom. The van der Waals surface area contributed by atoms with Gasteiger partial charge in [0.15, 0.2) is 35.1 Å². The van der Waals surface area contributed by atoms with Crippen LogP contribution in [-0.4, -0.2) is 182 Å². The molecule has 8 heterocycles. The summed E-state index contributed by atoms with van der Waals surface area (Å²) < 4.78 is 39.4. The number of aromatic hydroxyl groups is 3. The van der Waals surface area contributed by atoms with E-state index in [0.717, 1.165) is 78.5 Å². The average Bonchev–Trinajstić information content (AvgIpc) is 0.766. The van der Waals surface area contributed by atoms with Gasteiger partial charge in [0, 0.05) is 58.1 Å². The molecule has 0 aliphatic carbocycles. The molecule has 6 aromatic rings. The largest absolute Gasteiger partial charge is 0.508 e.